The summed E-state index contributed by atoms with van der Waals surface area (Å²) in [5, 5.41) is 45.5. The lowest BCUT2D eigenvalue weighted by Gasteiger charge is -2.23. The second kappa shape index (κ2) is 49.8. The lowest BCUT2D eigenvalue weighted by Crippen LogP contribution is -2.27. The molecular formula is C109H115Cl2N13O11S. The number of methoxy groups -OCH3 is 3. The Labute approximate surface area is 805 Å². The maximum atomic E-state index is 13.7. The van der Waals surface area contributed by atoms with E-state index < -0.39 is 15.3 Å². The van der Waals surface area contributed by atoms with E-state index in [4.69, 9.17) is 63.3 Å². The zero-order valence-electron chi connectivity index (χ0n) is 76.3. The van der Waals surface area contributed by atoms with Gasteiger partial charge < -0.3 is 61.7 Å². The van der Waals surface area contributed by atoms with Crippen LogP contribution in [-0.2, 0) is 38.1 Å². The molecule has 0 radical (unpaired) electrons. The molecule has 15 aromatic rings. The van der Waals surface area contributed by atoms with Crippen LogP contribution in [0.15, 0.2) is 273 Å². The van der Waals surface area contributed by atoms with Gasteiger partial charge in [-0.3, -0.25) is 14.4 Å². The number of carbonyl (C=O) groups is 3. The molecule has 136 heavy (non-hydrogen) atoms. The van der Waals surface area contributed by atoms with Crippen molar-refractivity contribution in [3.05, 3.63) is 380 Å². The number of nitrogens with zero attached hydrogens (tertiary/aromatic N) is 8. The highest BCUT2D eigenvalue weighted by molar-refractivity contribution is 8.26. The third-order valence-electron chi connectivity index (χ3n) is 23.0. The quantitative estimate of drug-likeness (QED) is 0.00891. The van der Waals surface area contributed by atoms with Crippen molar-refractivity contribution in [1.82, 2.24) is 34.7 Å². The molecule has 0 saturated heterocycles. The van der Waals surface area contributed by atoms with Crippen LogP contribution in [0.3, 0.4) is 0 Å². The van der Waals surface area contributed by atoms with Crippen LogP contribution in [0, 0.1) is 51.7 Å². The fourth-order valence-electron chi connectivity index (χ4n) is 15.8. The first-order chi connectivity index (χ1) is 65.6. The van der Waals surface area contributed by atoms with E-state index in [2.05, 4.69) is 118 Å². The standard InChI is InChI=1S/C35H31N3O3.C35H35N3O3.C30H24N4O3.C4H13N3.C4H8O.CH4.Cl2OS/c1-23-18-31(38(37-23)29-12-7-11-28(21-29)36-2)32(39)20-25-8-6-10-27(19-25)35(41-22-24-14-15-24)34-30-13-5-4-9-26(30)16-17-33(34)40-3;1-23-17-31(38(37-23)29-11-6-8-26(19-29)21-36)32(39)20-25-7-5-10-28(18-25)35(41-22-24-13-14-24)34-30-12-4-3-9-27(30)15-16-33(34)40-2;1-19-16-26(34(33-19)24-12-7-10-22(18-24)31-2)30(36)32-23-11-6-9-21(17-23)29(35)28-25-13-5-4-8-20(25)14-15-27(28)37-3;5-1-3-7-4-2-6;5-3-4-1-2-4;;1-4(2)3/h4-13,16-19,21,24,35H,14-15,20,22H2,1,3H3;3-12,15-19,24,35H,13-14,20-22,36H2,1-2H3;4-18,29,35H,1,3H3,(H,32,36);7H,1-6H2;4-5H,1-3H2;1H4;. The van der Waals surface area contributed by atoms with Crippen molar-refractivity contribution in [3.63, 3.8) is 0 Å². The van der Waals surface area contributed by atoms with Crippen LogP contribution < -0.4 is 42.0 Å². The summed E-state index contributed by atoms with van der Waals surface area (Å²) in [6.45, 7) is 25.5. The van der Waals surface area contributed by atoms with E-state index in [1.54, 1.807) is 110 Å². The van der Waals surface area contributed by atoms with Crippen molar-refractivity contribution in [3.8, 4) is 34.3 Å². The normalized spacial score (nSPS) is 13.0. The van der Waals surface area contributed by atoms with Gasteiger partial charge in [-0.05, 0) is 228 Å². The number of ether oxygens (including phenoxy) is 5. The Morgan fingerprint density at radius 2 is 0.838 bits per heavy atom. The molecule has 702 valence electrons. The first-order valence-corrected chi connectivity index (χ1v) is 47.6. The molecule has 0 bridgehead atoms. The van der Waals surface area contributed by atoms with Crippen molar-refractivity contribution in [1.29, 1.82) is 0 Å². The molecule has 12 aromatic carbocycles. The SMILES string of the molecule is C.COc1ccc2ccccc2c1C(OCC1CC1)c1cccc(CC(=O)c2cc(C)nn2-c2cccc(CN)c2)c1.NCCNCCN.O=S(Cl)Cl.OCC1CC1.[C-]#[N+]c1cccc(-n2nc(C)cc2C(=O)Cc2cccc(C(OCC3CC3)c3c(OC)ccc4ccccc34)c2)c1.[C-]#[N+]c1cccc(-n2nc(C)cc2C(=O)Nc2cccc(C(O)c3c(OC)ccc4ccccc34)c2)c1. The van der Waals surface area contributed by atoms with Gasteiger partial charge in [-0.1, -0.05) is 195 Å². The van der Waals surface area contributed by atoms with Crippen LogP contribution in [0.1, 0.15) is 163 Å². The molecule has 3 atom stereocenters. The third kappa shape index (κ3) is 27.3. The van der Waals surface area contributed by atoms with Gasteiger partial charge in [0.1, 0.15) is 52.6 Å². The van der Waals surface area contributed by atoms with E-state index in [-0.39, 0.29) is 49.9 Å². The van der Waals surface area contributed by atoms with Crippen LogP contribution in [0.2, 0.25) is 0 Å². The molecule has 0 aliphatic heterocycles. The Morgan fingerprint density at radius 3 is 1.24 bits per heavy atom. The summed E-state index contributed by atoms with van der Waals surface area (Å²) in [5.74, 6) is 3.64. The number of anilines is 1. The van der Waals surface area contributed by atoms with Crippen molar-refractivity contribution in [2.45, 2.75) is 104 Å². The number of ketones is 2. The van der Waals surface area contributed by atoms with Crippen LogP contribution >= 0.6 is 21.4 Å². The predicted octanol–water partition coefficient (Wildman–Crippen LogP) is 21.4. The number of amides is 1. The summed E-state index contributed by atoms with van der Waals surface area (Å²) in [6, 6.07) is 87.1. The fraction of sp³-hybridized carbons (Fsp3) is 0.266. The maximum Gasteiger partial charge on any atom is 0.274 e. The van der Waals surface area contributed by atoms with E-state index in [1.807, 2.05) is 153 Å². The van der Waals surface area contributed by atoms with Crippen LogP contribution in [0.25, 0.3) is 59.1 Å². The third-order valence-corrected chi connectivity index (χ3v) is 23.0. The average molecular weight is 1890 g/mol. The number of hydrogen-bond donors (Lipinski definition) is 7. The number of carbonyl (C=O) groups excluding carboxylic acids is 3. The Kier molecular flexibility index (Phi) is 37.2. The van der Waals surface area contributed by atoms with Crippen molar-refractivity contribution < 1.29 is 52.5 Å². The topological polar surface area (TPSA) is 319 Å². The Bertz CT molecular complexity index is 6730. The highest BCUT2D eigenvalue weighted by Crippen LogP contribution is 2.45. The van der Waals surface area contributed by atoms with Crippen molar-refractivity contribution in [2.24, 2.45) is 35.0 Å². The molecule has 3 saturated carbocycles. The van der Waals surface area contributed by atoms with E-state index in [0.717, 1.165) is 113 Å². The lowest BCUT2D eigenvalue weighted by atomic mass is 9.93. The van der Waals surface area contributed by atoms with Crippen LogP contribution in [0.4, 0.5) is 17.1 Å². The monoisotopic (exact) mass is 1880 g/mol. The van der Waals surface area contributed by atoms with Crippen molar-refractivity contribution in [2.75, 3.05) is 72.6 Å². The first kappa shape index (κ1) is 102. The number of aliphatic hydroxyl groups is 2. The van der Waals surface area contributed by atoms with E-state index >= 15 is 0 Å². The second-order valence-electron chi connectivity index (χ2n) is 33.2. The highest BCUT2D eigenvalue weighted by Gasteiger charge is 2.32. The van der Waals surface area contributed by atoms with Gasteiger partial charge in [0, 0.05) is 95.9 Å². The number of Topliss-reactive ketones (excluding diaryl/α,β-unsaturated/α-hetero) is 2. The van der Waals surface area contributed by atoms with Gasteiger partial charge in [0.2, 0.25) is 9.23 Å². The molecule has 1 amide bonds. The molecule has 3 heterocycles. The molecule has 10 N–H and O–H groups in total. The van der Waals surface area contributed by atoms with Gasteiger partial charge in [0.15, 0.2) is 22.9 Å². The van der Waals surface area contributed by atoms with Gasteiger partial charge in [-0.2, -0.15) is 15.3 Å². The summed E-state index contributed by atoms with van der Waals surface area (Å²) in [5.41, 5.74) is 31.5. The van der Waals surface area contributed by atoms with Crippen molar-refractivity contribution >= 4 is 97.4 Å². The van der Waals surface area contributed by atoms with E-state index in [9.17, 15) is 19.5 Å². The Hall–Kier alpha value is -13.4. The molecule has 3 aliphatic rings. The molecule has 0 spiro atoms. The second-order valence-corrected chi connectivity index (χ2v) is 35.7. The predicted molar refractivity (Wildman–Crippen MR) is 543 cm³/mol. The summed E-state index contributed by atoms with van der Waals surface area (Å²) in [7, 11) is 12.3. The van der Waals surface area contributed by atoms with Crippen LogP contribution in [0.5, 0.6) is 17.2 Å². The van der Waals surface area contributed by atoms with Gasteiger partial charge in [0.25, 0.3) is 5.91 Å². The first-order valence-electron chi connectivity index (χ1n) is 44.8. The number of nitrogens with one attached hydrogen (secondary N) is 2. The number of rotatable bonds is 32. The van der Waals surface area contributed by atoms with E-state index in [0.29, 0.717) is 125 Å². The van der Waals surface area contributed by atoms with E-state index in [1.165, 1.54) is 43.2 Å². The van der Waals surface area contributed by atoms with Gasteiger partial charge >= 0.3 is 0 Å². The summed E-state index contributed by atoms with van der Waals surface area (Å²) in [6.07, 6.45) is 6.15. The van der Waals surface area contributed by atoms with Crippen LogP contribution in [-0.4, -0.2) is 129 Å². The molecule has 3 aliphatic carbocycles. The maximum absolute atomic E-state index is 13.7. The number of hydrogen-bond acceptors (Lipinski definition) is 18. The number of nitrogens with two attached hydrogens (primary N) is 3. The average Bonchev–Trinajstić information content (AvgIpc) is 1.55. The summed E-state index contributed by atoms with van der Waals surface area (Å²) < 4.78 is 44.5. The molecular weight excluding hydrogens is 1770 g/mol. The Balaban J connectivity index is 0.000000168. The highest BCUT2D eigenvalue weighted by atomic mass is 36.0. The summed E-state index contributed by atoms with van der Waals surface area (Å²) >= 11 is 0. The summed E-state index contributed by atoms with van der Waals surface area (Å²) in [4.78, 5) is 47.6. The van der Waals surface area contributed by atoms with Gasteiger partial charge in [0.05, 0.1) is 81.8 Å². The largest absolute Gasteiger partial charge is 0.496 e. The minimum Gasteiger partial charge on any atom is -0.496 e. The van der Waals surface area contributed by atoms with Gasteiger partial charge in [-0.15, -0.1) is 0 Å². The number of aliphatic hydroxyl groups excluding tert-OH is 2. The lowest BCUT2D eigenvalue weighted by molar-refractivity contribution is 0.0710. The number of aryl methyl sites for hydroxylation is 3. The minimum absolute atomic E-state index is 0. The minimum atomic E-state index is -1.67. The molecule has 3 aromatic heterocycles. The zero-order valence-corrected chi connectivity index (χ0v) is 78.6. The zero-order chi connectivity index (χ0) is 95.4. The molecule has 3 fully saturated rings. The molecule has 27 heteroatoms. The van der Waals surface area contributed by atoms with Gasteiger partial charge in [-0.25, -0.2) is 27.9 Å². The molecule has 24 nitrogen and oxygen atoms in total. The number of aromatic nitrogens is 6. The fourth-order valence-corrected chi connectivity index (χ4v) is 15.8. The molecule has 3 unspecified atom stereocenters. The number of fused-ring (bicyclic) bond motifs is 3. The molecule has 18 rings (SSSR count). The number of benzene rings is 12. The smallest absolute Gasteiger partial charge is 0.274 e. The number of halogens is 2. The Morgan fingerprint density at radius 1 is 0.463 bits per heavy atom.